The van der Waals surface area contributed by atoms with Crippen LogP contribution in [0.5, 0.6) is 0 Å². The summed E-state index contributed by atoms with van der Waals surface area (Å²) in [5.41, 5.74) is 0.891. The summed E-state index contributed by atoms with van der Waals surface area (Å²) in [6.45, 7) is 4.79. The normalized spacial score (nSPS) is 11.9. The van der Waals surface area contributed by atoms with E-state index in [0.717, 1.165) is 5.69 Å². The molecule has 0 unspecified atom stereocenters. The fourth-order valence-electron chi connectivity index (χ4n) is 1.68. The van der Waals surface area contributed by atoms with Crippen molar-refractivity contribution in [2.24, 2.45) is 0 Å². The van der Waals surface area contributed by atoms with Crippen LogP contribution in [0, 0.1) is 0 Å². The third-order valence-corrected chi connectivity index (χ3v) is 5.43. The largest absolute Gasteiger partial charge is 0.309 e. The van der Waals surface area contributed by atoms with E-state index in [4.69, 9.17) is 0 Å². The smallest absolute Gasteiger partial charge is 0.184 e. The van der Waals surface area contributed by atoms with Crippen LogP contribution >= 0.6 is 11.3 Å². The summed E-state index contributed by atoms with van der Waals surface area (Å²) >= 11 is 1.39. The Hall–Kier alpha value is -1.24. The van der Waals surface area contributed by atoms with Crippen LogP contribution in [0.4, 0.5) is 0 Å². The molecule has 0 aliphatic rings. The number of benzene rings is 1. The maximum Gasteiger partial charge on any atom is 0.184 e. The highest BCUT2D eigenvalue weighted by Crippen LogP contribution is 2.19. The third-order valence-electron chi connectivity index (χ3n) is 2.71. The second-order valence-corrected chi connectivity index (χ2v) is 7.77. The molecule has 0 spiro atoms. The first-order chi connectivity index (χ1) is 9.47. The van der Waals surface area contributed by atoms with Gasteiger partial charge in [0.2, 0.25) is 0 Å². The highest BCUT2D eigenvalue weighted by molar-refractivity contribution is 7.90. The number of aromatic nitrogens is 1. The molecule has 2 aromatic rings. The summed E-state index contributed by atoms with van der Waals surface area (Å²) in [6, 6.07) is 8.87. The Morgan fingerprint density at radius 3 is 2.60 bits per heavy atom. The van der Waals surface area contributed by atoms with E-state index >= 15 is 0 Å². The molecular formula is C14H18N2O2S2. The Balaban J connectivity index is 2.07. The lowest BCUT2D eigenvalue weighted by Crippen LogP contribution is -2.22. The highest BCUT2D eigenvalue weighted by atomic mass is 32.2. The van der Waals surface area contributed by atoms with E-state index < -0.39 is 9.84 Å². The van der Waals surface area contributed by atoms with Crippen molar-refractivity contribution in [1.29, 1.82) is 0 Å². The lowest BCUT2D eigenvalue weighted by Gasteiger charge is -2.05. The van der Waals surface area contributed by atoms with Crippen LogP contribution < -0.4 is 5.32 Å². The first kappa shape index (κ1) is 15.2. The fourth-order valence-corrected chi connectivity index (χ4v) is 4.12. The van der Waals surface area contributed by atoms with Crippen LogP contribution in [0.3, 0.4) is 0 Å². The van der Waals surface area contributed by atoms with E-state index in [0.29, 0.717) is 22.5 Å². The Bertz CT molecular complexity index is 649. The molecule has 0 aliphatic carbocycles. The summed E-state index contributed by atoms with van der Waals surface area (Å²) in [5, 5.41) is 5.81. The lowest BCUT2D eigenvalue weighted by molar-refractivity contribution is 0.581. The van der Waals surface area contributed by atoms with Crippen LogP contribution in [-0.4, -0.2) is 19.4 Å². The molecule has 0 aliphatic heterocycles. The van der Waals surface area contributed by atoms with E-state index in [-0.39, 0.29) is 5.75 Å². The Morgan fingerprint density at radius 1 is 1.25 bits per heavy atom. The van der Waals surface area contributed by atoms with Crippen LogP contribution in [0.25, 0.3) is 0 Å². The van der Waals surface area contributed by atoms with Crippen LogP contribution in [0.1, 0.15) is 24.5 Å². The maximum atomic E-state index is 12.2. The van der Waals surface area contributed by atoms with Gasteiger partial charge in [0.05, 0.1) is 10.6 Å². The van der Waals surface area contributed by atoms with Gasteiger partial charge in [-0.2, -0.15) is 0 Å². The second kappa shape index (κ2) is 6.47. The molecule has 1 heterocycles. The minimum atomic E-state index is -3.30. The quantitative estimate of drug-likeness (QED) is 0.891. The van der Waals surface area contributed by atoms with Crippen LogP contribution in [-0.2, 0) is 22.1 Å². The van der Waals surface area contributed by atoms with Gasteiger partial charge in [0.15, 0.2) is 9.84 Å². The standard InChI is InChI=1S/C14H18N2O2S2/c1-11(2)15-8-12-9-19-14(16-12)10-20(17,18)13-6-4-3-5-7-13/h3-7,9,11,15H,8,10H2,1-2H3. The zero-order valence-electron chi connectivity index (χ0n) is 11.5. The van der Waals surface area contributed by atoms with Gasteiger partial charge >= 0.3 is 0 Å². The highest BCUT2D eigenvalue weighted by Gasteiger charge is 2.17. The zero-order valence-corrected chi connectivity index (χ0v) is 13.2. The second-order valence-electron chi connectivity index (χ2n) is 4.84. The number of rotatable bonds is 6. The molecule has 6 heteroatoms. The molecule has 4 nitrogen and oxygen atoms in total. The third kappa shape index (κ3) is 4.13. The van der Waals surface area contributed by atoms with Crippen molar-refractivity contribution in [1.82, 2.24) is 10.3 Å². The van der Waals surface area contributed by atoms with Crippen molar-refractivity contribution < 1.29 is 8.42 Å². The molecule has 0 bridgehead atoms. The molecule has 1 N–H and O–H groups in total. The van der Waals surface area contributed by atoms with E-state index in [1.54, 1.807) is 30.3 Å². The first-order valence-electron chi connectivity index (χ1n) is 6.42. The molecule has 0 atom stereocenters. The van der Waals surface area contributed by atoms with Gasteiger partial charge < -0.3 is 5.32 Å². The minimum Gasteiger partial charge on any atom is -0.309 e. The van der Waals surface area contributed by atoms with Crippen molar-refractivity contribution in [2.45, 2.75) is 37.1 Å². The molecule has 2 rings (SSSR count). The summed E-state index contributed by atoms with van der Waals surface area (Å²) in [5.74, 6) is -0.0383. The number of sulfone groups is 1. The SMILES string of the molecule is CC(C)NCc1csc(CS(=O)(=O)c2ccccc2)n1. The van der Waals surface area contributed by atoms with E-state index in [1.807, 2.05) is 5.38 Å². The van der Waals surface area contributed by atoms with Gasteiger partial charge in [-0.05, 0) is 12.1 Å². The van der Waals surface area contributed by atoms with Crippen molar-refractivity contribution in [3.8, 4) is 0 Å². The Labute approximate surface area is 123 Å². The van der Waals surface area contributed by atoms with Gasteiger partial charge in [0.25, 0.3) is 0 Å². The number of nitrogens with one attached hydrogen (secondary N) is 1. The first-order valence-corrected chi connectivity index (χ1v) is 8.95. The molecule has 0 radical (unpaired) electrons. The van der Waals surface area contributed by atoms with Gasteiger partial charge in [0, 0.05) is 18.0 Å². The van der Waals surface area contributed by atoms with Gasteiger partial charge in [-0.25, -0.2) is 13.4 Å². The summed E-state index contributed by atoms with van der Waals surface area (Å²) < 4.78 is 24.5. The average molecular weight is 310 g/mol. The van der Waals surface area contributed by atoms with E-state index in [9.17, 15) is 8.42 Å². The minimum absolute atomic E-state index is 0.0383. The monoisotopic (exact) mass is 310 g/mol. The van der Waals surface area contributed by atoms with Gasteiger partial charge in [-0.15, -0.1) is 11.3 Å². The Morgan fingerprint density at radius 2 is 1.95 bits per heavy atom. The number of nitrogens with zero attached hydrogens (tertiary/aromatic N) is 1. The summed E-state index contributed by atoms with van der Waals surface area (Å²) in [4.78, 5) is 4.71. The molecular weight excluding hydrogens is 292 g/mol. The van der Waals surface area contributed by atoms with E-state index in [2.05, 4.69) is 24.1 Å². The van der Waals surface area contributed by atoms with Crippen LogP contribution in [0.15, 0.2) is 40.6 Å². The number of hydrogen-bond donors (Lipinski definition) is 1. The van der Waals surface area contributed by atoms with Gasteiger partial charge in [-0.1, -0.05) is 32.0 Å². The Kier molecular flexibility index (Phi) is 4.91. The van der Waals surface area contributed by atoms with Crippen LogP contribution in [0.2, 0.25) is 0 Å². The molecule has 0 saturated carbocycles. The molecule has 1 aromatic heterocycles. The summed E-state index contributed by atoms with van der Waals surface area (Å²) in [6.07, 6.45) is 0. The molecule has 0 saturated heterocycles. The van der Waals surface area contributed by atoms with Crippen molar-refractivity contribution in [3.05, 3.63) is 46.4 Å². The lowest BCUT2D eigenvalue weighted by atomic mass is 10.4. The van der Waals surface area contributed by atoms with Crippen molar-refractivity contribution in [2.75, 3.05) is 0 Å². The molecule has 0 fully saturated rings. The fraction of sp³-hybridized carbons (Fsp3) is 0.357. The van der Waals surface area contributed by atoms with Gasteiger partial charge in [-0.3, -0.25) is 0 Å². The van der Waals surface area contributed by atoms with Gasteiger partial charge in [0.1, 0.15) is 10.8 Å². The molecule has 0 amide bonds. The summed E-state index contributed by atoms with van der Waals surface area (Å²) in [7, 11) is -3.30. The molecule has 20 heavy (non-hydrogen) atoms. The number of hydrogen-bond acceptors (Lipinski definition) is 5. The predicted octanol–water partition coefficient (Wildman–Crippen LogP) is 2.62. The average Bonchev–Trinajstić information content (AvgIpc) is 2.84. The molecule has 108 valence electrons. The molecule has 1 aromatic carbocycles. The van der Waals surface area contributed by atoms with Crippen molar-refractivity contribution >= 4 is 21.2 Å². The zero-order chi connectivity index (χ0) is 14.6. The maximum absolute atomic E-state index is 12.2. The topological polar surface area (TPSA) is 59.1 Å². The predicted molar refractivity (Wildman–Crippen MR) is 81.4 cm³/mol. The number of thiazole rings is 1. The van der Waals surface area contributed by atoms with Crippen molar-refractivity contribution in [3.63, 3.8) is 0 Å². The van der Waals surface area contributed by atoms with E-state index in [1.165, 1.54) is 11.3 Å².